The number of pyridine rings is 1. The van der Waals surface area contributed by atoms with Crippen LogP contribution in [0.4, 0.5) is 5.82 Å². The van der Waals surface area contributed by atoms with Crippen molar-refractivity contribution in [3.05, 3.63) is 18.3 Å². The maximum atomic E-state index is 11.9. The van der Waals surface area contributed by atoms with E-state index >= 15 is 0 Å². The lowest BCUT2D eigenvalue weighted by Crippen LogP contribution is -2.24. The third-order valence-corrected chi connectivity index (χ3v) is 5.37. The molecule has 0 spiro atoms. The molecule has 0 radical (unpaired) electrons. The van der Waals surface area contributed by atoms with Crippen molar-refractivity contribution in [1.82, 2.24) is 9.29 Å². The summed E-state index contributed by atoms with van der Waals surface area (Å²) >= 11 is 0. The van der Waals surface area contributed by atoms with E-state index in [-0.39, 0.29) is 17.2 Å². The number of anilines is 1. The van der Waals surface area contributed by atoms with Crippen molar-refractivity contribution in [3.8, 4) is 0 Å². The summed E-state index contributed by atoms with van der Waals surface area (Å²) in [6.07, 6.45) is 2.31. The van der Waals surface area contributed by atoms with Crippen LogP contribution in [-0.2, 0) is 14.8 Å². The Labute approximate surface area is 124 Å². The SMILES string of the molecule is CN(C)S(=O)(=O)c1ccc(N2CCC(CC(=O)O)C2)nc1. The van der Waals surface area contributed by atoms with Crippen molar-refractivity contribution in [2.24, 2.45) is 5.92 Å². The molecule has 0 amide bonds. The number of nitrogens with zero attached hydrogens (tertiary/aromatic N) is 3. The van der Waals surface area contributed by atoms with Gasteiger partial charge in [0.1, 0.15) is 10.7 Å². The van der Waals surface area contributed by atoms with E-state index in [1.54, 1.807) is 6.07 Å². The molecule has 1 aromatic rings. The number of carbonyl (C=O) groups is 1. The molecule has 8 heteroatoms. The first-order valence-electron chi connectivity index (χ1n) is 6.66. The highest BCUT2D eigenvalue weighted by Crippen LogP contribution is 2.25. The molecule has 1 atom stereocenters. The Morgan fingerprint density at radius 1 is 1.48 bits per heavy atom. The molecular weight excluding hydrogens is 294 g/mol. The summed E-state index contributed by atoms with van der Waals surface area (Å²) in [7, 11) is -0.524. The molecule has 1 saturated heterocycles. The van der Waals surface area contributed by atoms with Crippen molar-refractivity contribution >= 4 is 21.8 Å². The lowest BCUT2D eigenvalue weighted by molar-refractivity contribution is -0.137. The Hall–Kier alpha value is -1.67. The molecule has 1 aliphatic rings. The first kappa shape index (κ1) is 15.7. The second-order valence-electron chi connectivity index (χ2n) is 5.34. The van der Waals surface area contributed by atoms with Gasteiger partial charge in [0.15, 0.2) is 0 Å². The molecule has 1 aromatic heterocycles. The van der Waals surface area contributed by atoms with Gasteiger partial charge in [0, 0.05) is 39.8 Å². The first-order valence-corrected chi connectivity index (χ1v) is 8.10. The van der Waals surface area contributed by atoms with Crippen LogP contribution in [0.5, 0.6) is 0 Å². The van der Waals surface area contributed by atoms with Crippen molar-refractivity contribution < 1.29 is 18.3 Å². The number of aromatic nitrogens is 1. The summed E-state index contributed by atoms with van der Waals surface area (Å²) in [6, 6.07) is 3.20. The molecule has 21 heavy (non-hydrogen) atoms. The van der Waals surface area contributed by atoms with E-state index < -0.39 is 16.0 Å². The van der Waals surface area contributed by atoms with Crippen molar-refractivity contribution in [1.29, 1.82) is 0 Å². The van der Waals surface area contributed by atoms with Crippen LogP contribution >= 0.6 is 0 Å². The molecule has 1 aliphatic heterocycles. The molecule has 0 aromatic carbocycles. The third-order valence-electron chi connectivity index (χ3n) is 3.57. The number of aliphatic carboxylic acids is 1. The molecule has 1 unspecified atom stereocenters. The average molecular weight is 313 g/mol. The van der Waals surface area contributed by atoms with E-state index in [4.69, 9.17) is 5.11 Å². The highest BCUT2D eigenvalue weighted by Gasteiger charge is 2.26. The zero-order chi connectivity index (χ0) is 15.6. The van der Waals surface area contributed by atoms with E-state index in [0.717, 1.165) is 17.3 Å². The van der Waals surface area contributed by atoms with Crippen LogP contribution in [-0.4, -0.2) is 56.0 Å². The van der Waals surface area contributed by atoms with Crippen LogP contribution in [0.25, 0.3) is 0 Å². The maximum Gasteiger partial charge on any atom is 0.303 e. The lowest BCUT2D eigenvalue weighted by Gasteiger charge is -2.18. The van der Waals surface area contributed by atoms with Crippen molar-refractivity contribution in [2.45, 2.75) is 17.7 Å². The minimum Gasteiger partial charge on any atom is -0.481 e. The molecule has 0 saturated carbocycles. The molecule has 2 rings (SSSR count). The predicted octanol–water partition coefficient (Wildman–Crippen LogP) is 0.633. The fraction of sp³-hybridized carbons (Fsp3) is 0.538. The predicted molar refractivity (Wildman–Crippen MR) is 77.7 cm³/mol. The summed E-state index contributed by atoms with van der Waals surface area (Å²) in [4.78, 5) is 17.0. The van der Waals surface area contributed by atoms with E-state index in [1.165, 1.54) is 26.4 Å². The Kier molecular flexibility index (Phi) is 4.48. The van der Waals surface area contributed by atoms with Gasteiger partial charge in [-0.3, -0.25) is 4.79 Å². The van der Waals surface area contributed by atoms with Gasteiger partial charge in [-0.05, 0) is 24.5 Å². The molecular formula is C13H19N3O4S. The number of sulfonamides is 1. The third kappa shape index (κ3) is 3.51. The highest BCUT2D eigenvalue weighted by molar-refractivity contribution is 7.89. The van der Waals surface area contributed by atoms with Crippen LogP contribution < -0.4 is 4.90 Å². The molecule has 2 heterocycles. The van der Waals surface area contributed by atoms with Crippen molar-refractivity contribution in [2.75, 3.05) is 32.1 Å². The molecule has 0 aliphatic carbocycles. The average Bonchev–Trinajstić information content (AvgIpc) is 2.86. The van der Waals surface area contributed by atoms with E-state index in [9.17, 15) is 13.2 Å². The zero-order valence-electron chi connectivity index (χ0n) is 12.1. The van der Waals surface area contributed by atoms with Gasteiger partial charge in [-0.25, -0.2) is 17.7 Å². The minimum absolute atomic E-state index is 0.120. The van der Waals surface area contributed by atoms with Gasteiger partial charge < -0.3 is 10.0 Å². The summed E-state index contributed by atoms with van der Waals surface area (Å²) in [5, 5.41) is 8.80. The monoisotopic (exact) mass is 313 g/mol. The standard InChI is InChI=1S/C13H19N3O4S/c1-15(2)21(19,20)11-3-4-12(14-8-11)16-6-5-10(9-16)7-13(17)18/h3-4,8,10H,5-7,9H2,1-2H3,(H,17,18). The van der Waals surface area contributed by atoms with Gasteiger partial charge >= 0.3 is 5.97 Å². The summed E-state index contributed by atoms with van der Waals surface area (Å²) in [6.45, 7) is 1.38. The van der Waals surface area contributed by atoms with Crippen molar-refractivity contribution in [3.63, 3.8) is 0 Å². The molecule has 7 nitrogen and oxygen atoms in total. The van der Waals surface area contributed by atoms with Gasteiger partial charge in [-0.2, -0.15) is 0 Å². The number of carboxylic acid groups (broad SMARTS) is 1. The smallest absolute Gasteiger partial charge is 0.303 e. The van der Waals surface area contributed by atoms with E-state index in [1.807, 2.05) is 4.90 Å². The zero-order valence-corrected chi connectivity index (χ0v) is 12.9. The van der Waals surface area contributed by atoms with Gasteiger partial charge in [-0.1, -0.05) is 0 Å². The maximum absolute atomic E-state index is 11.9. The van der Waals surface area contributed by atoms with Gasteiger partial charge in [0.2, 0.25) is 10.0 Å². The molecule has 0 bridgehead atoms. The molecule has 1 fully saturated rings. The second-order valence-corrected chi connectivity index (χ2v) is 7.49. The van der Waals surface area contributed by atoms with E-state index in [2.05, 4.69) is 4.98 Å². The topological polar surface area (TPSA) is 90.8 Å². The van der Waals surface area contributed by atoms with Crippen LogP contribution in [0.1, 0.15) is 12.8 Å². The van der Waals surface area contributed by atoms with Gasteiger partial charge in [-0.15, -0.1) is 0 Å². The summed E-state index contributed by atoms with van der Waals surface area (Å²) in [5.74, 6) is 0.0114. The Morgan fingerprint density at radius 3 is 2.71 bits per heavy atom. The summed E-state index contributed by atoms with van der Waals surface area (Å²) in [5.41, 5.74) is 0. The second kappa shape index (κ2) is 5.98. The van der Waals surface area contributed by atoms with Crippen LogP contribution in [0.2, 0.25) is 0 Å². The number of carboxylic acids is 1. The highest BCUT2D eigenvalue weighted by atomic mass is 32.2. The van der Waals surface area contributed by atoms with Crippen LogP contribution in [0, 0.1) is 5.92 Å². The molecule has 116 valence electrons. The number of hydrogen-bond acceptors (Lipinski definition) is 5. The first-order chi connectivity index (χ1) is 9.80. The Morgan fingerprint density at radius 2 is 2.19 bits per heavy atom. The molecule has 1 N–H and O–H groups in total. The Balaban J connectivity index is 2.09. The Bertz CT molecular complexity index is 613. The number of hydrogen-bond donors (Lipinski definition) is 1. The minimum atomic E-state index is -3.47. The largest absolute Gasteiger partial charge is 0.481 e. The van der Waals surface area contributed by atoms with E-state index in [0.29, 0.717) is 12.4 Å². The van der Waals surface area contributed by atoms with Gasteiger partial charge in [0.25, 0.3) is 0 Å². The lowest BCUT2D eigenvalue weighted by atomic mass is 10.1. The normalized spacial score (nSPS) is 19.2. The quantitative estimate of drug-likeness (QED) is 0.857. The summed E-state index contributed by atoms with van der Waals surface area (Å²) < 4.78 is 25.0. The van der Waals surface area contributed by atoms with Gasteiger partial charge in [0.05, 0.1) is 0 Å². The number of rotatable bonds is 5. The van der Waals surface area contributed by atoms with Crippen LogP contribution in [0.3, 0.4) is 0 Å². The van der Waals surface area contributed by atoms with Crippen LogP contribution in [0.15, 0.2) is 23.2 Å². The fourth-order valence-corrected chi connectivity index (χ4v) is 3.22. The fourth-order valence-electron chi connectivity index (χ4n) is 2.38.